The third-order valence-electron chi connectivity index (χ3n) is 12.9. The molecule has 1 heterocycles. The van der Waals surface area contributed by atoms with Crippen molar-refractivity contribution in [2.45, 2.75) is 155 Å². The molecule has 5 aliphatic rings. The van der Waals surface area contributed by atoms with Crippen molar-refractivity contribution in [2.24, 2.45) is 40.4 Å². The van der Waals surface area contributed by atoms with Crippen molar-refractivity contribution in [1.29, 1.82) is 0 Å². The lowest BCUT2D eigenvalue weighted by Crippen LogP contribution is -2.54. The zero-order chi connectivity index (χ0) is 27.2. The van der Waals surface area contributed by atoms with E-state index in [1.807, 2.05) is 0 Å². The van der Waals surface area contributed by atoms with E-state index in [2.05, 4.69) is 74.6 Å². The Morgan fingerprint density at radius 1 is 1.05 bits per heavy atom. The summed E-state index contributed by atoms with van der Waals surface area (Å²) in [4.78, 5) is 0. The van der Waals surface area contributed by atoms with Crippen molar-refractivity contribution < 1.29 is 14.3 Å². The fourth-order valence-electron chi connectivity index (χ4n) is 9.78. The van der Waals surface area contributed by atoms with E-state index in [4.69, 9.17) is 9.16 Å². The van der Waals surface area contributed by atoms with E-state index < -0.39 is 13.9 Å². The fraction of sp³-hybridized carbons (Fsp3) is 0.939. The van der Waals surface area contributed by atoms with Crippen LogP contribution < -0.4 is 0 Å². The van der Waals surface area contributed by atoms with E-state index in [1.165, 1.54) is 44.9 Å². The summed E-state index contributed by atoms with van der Waals surface area (Å²) in [6.07, 6.45) is 14.4. The van der Waals surface area contributed by atoms with Crippen LogP contribution >= 0.6 is 0 Å². The van der Waals surface area contributed by atoms with Crippen molar-refractivity contribution in [3.05, 3.63) is 11.6 Å². The number of hydrogen-bond acceptors (Lipinski definition) is 3. The van der Waals surface area contributed by atoms with Crippen LogP contribution in [0.5, 0.6) is 0 Å². The maximum absolute atomic E-state index is 11.9. The summed E-state index contributed by atoms with van der Waals surface area (Å²) in [6, 6.07) is 0. The summed E-state index contributed by atoms with van der Waals surface area (Å²) in [5, 5.41) is 12.2. The van der Waals surface area contributed by atoms with E-state index in [0.29, 0.717) is 23.4 Å². The molecule has 37 heavy (non-hydrogen) atoms. The SMILES string of the molecule is CC(C)C[C@@H]1OC1[C@](C)(O)[C@H]1CC[C@H]2[C@@H]3CC=C4C[C@@H](O[Si](C)(C)C(C)(C)C)CC[C@]4(C)[C@H]3CC[C@@]21C. The molecule has 0 aromatic rings. The molecule has 1 aliphatic heterocycles. The molecule has 4 fully saturated rings. The molecule has 0 aromatic heterocycles. The van der Waals surface area contributed by atoms with Crippen LogP contribution in [0.15, 0.2) is 11.6 Å². The normalized spacial score (nSPS) is 45.5. The minimum Gasteiger partial charge on any atom is -0.414 e. The van der Waals surface area contributed by atoms with Gasteiger partial charge in [0, 0.05) is 6.10 Å². The first kappa shape index (κ1) is 28.4. The van der Waals surface area contributed by atoms with Gasteiger partial charge in [-0.25, -0.2) is 0 Å². The molecule has 3 saturated carbocycles. The van der Waals surface area contributed by atoms with Crippen molar-refractivity contribution in [3.63, 3.8) is 0 Å². The summed E-state index contributed by atoms with van der Waals surface area (Å²) in [6.45, 7) is 23.7. The number of rotatable bonds is 6. The van der Waals surface area contributed by atoms with Gasteiger partial charge in [-0.3, -0.25) is 0 Å². The largest absolute Gasteiger partial charge is 0.414 e. The number of epoxide rings is 1. The van der Waals surface area contributed by atoms with Crippen LogP contribution in [0.3, 0.4) is 0 Å². The maximum Gasteiger partial charge on any atom is 0.192 e. The Bertz CT molecular complexity index is 900. The van der Waals surface area contributed by atoms with Crippen LogP contribution in [-0.2, 0) is 9.16 Å². The third kappa shape index (κ3) is 4.66. The Hall–Kier alpha value is -0.163. The lowest BCUT2D eigenvalue weighted by molar-refractivity contribution is -0.110. The van der Waals surface area contributed by atoms with Gasteiger partial charge in [0.1, 0.15) is 6.10 Å². The number of fused-ring (bicyclic) bond motifs is 5. The van der Waals surface area contributed by atoms with Gasteiger partial charge in [-0.2, -0.15) is 0 Å². The van der Waals surface area contributed by atoms with E-state index in [9.17, 15) is 5.11 Å². The highest BCUT2D eigenvalue weighted by molar-refractivity contribution is 6.74. The molecule has 0 bridgehead atoms. The molecule has 0 aromatic carbocycles. The van der Waals surface area contributed by atoms with Crippen molar-refractivity contribution in [1.82, 2.24) is 0 Å². The number of hydrogen-bond donors (Lipinski definition) is 1. The molecule has 0 amide bonds. The summed E-state index contributed by atoms with van der Waals surface area (Å²) in [5.74, 6) is 3.30. The first-order valence-corrected chi connectivity index (χ1v) is 18.7. The minimum absolute atomic E-state index is 0.0414. The van der Waals surface area contributed by atoms with Gasteiger partial charge in [-0.15, -0.1) is 0 Å². The summed E-state index contributed by atoms with van der Waals surface area (Å²) < 4.78 is 13.0. The van der Waals surface area contributed by atoms with Crippen LogP contribution in [0.2, 0.25) is 18.1 Å². The molecule has 0 spiro atoms. The molecule has 5 rings (SSSR count). The summed E-state index contributed by atoms with van der Waals surface area (Å²) >= 11 is 0. The Morgan fingerprint density at radius 3 is 2.41 bits per heavy atom. The minimum atomic E-state index is -1.74. The van der Waals surface area contributed by atoms with Crippen LogP contribution in [0.1, 0.15) is 113 Å². The second-order valence-electron chi connectivity index (χ2n) is 16.6. The monoisotopic (exact) mass is 530 g/mol. The zero-order valence-corrected chi connectivity index (χ0v) is 26.8. The standard InChI is InChI=1S/C33H58O3Si/c1-21(2)19-27-29(35-27)33(8,34)28-14-13-25-24-12-11-22-20-23(36-37(9,10)30(3,4)5)15-17-31(22,6)26(24)16-18-32(25,28)7/h11,21,23-29,34H,12-20H2,1-10H3/t23-,24-,25-,26-,27-,28-,29?,31-,32-,33+/m0/s1. The highest BCUT2D eigenvalue weighted by Crippen LogP contribution is 2.68. The van der Waals surface area contributed by atoms with Gasteiger partial charge in [0.15, 0.2) is 8.32 Å². The number of ether oxygens (including phenoxy) is 1. The molecule has 3 nitrogen and oxygen atoms in total. The first-order valence-electron chi connectivity index (χ1n) is 15.8. The van der Waals surface area contributed by atoms with Crippen molar-refractivity contribution in [2.75, 3.05) is 0 Å². The summed E-state index contributed by atoms with van der Waals surface area (Å²) in [7, 11) is -1.74. The van der Waals surface area contributed by atoms with Crippen molar-refractivity contribution in [3.8, 4) is 0 Å². The second-order valence-corrected chi connectivity index (χ2v) is 21.4. The van der Waals surface area contributed by atoms with E-state index >= 15 is 0 Å². The quantitative estimate of drug-likeness (QED) is 0.212. The average molecular weight is 531 g/mol. The highest BCUT2D eigenvalue weighted by atomic mass is 28.4. The van der Waals surface area contributed by atoms with Crippen LogP contribution in [0.25, 0.3) is 0 Å². The molecule has 0 radical (unpaired) electrons. The average Bonchev–Trinajstić information content (AvgIpc) is 3.44. The molecule has 212 valence electrons. The molecule has 1 N–H and O–H groups in total. The predicted octanol–water partition coefficient (Wildman–Crippen LogP) is 8.52. The van der Waals surface area contributed by atoms with Gasteiger partial charge >= 0.3 is 0 Å². The topological polar surface area (TPSA) is 42.0 Å². The van der Waals surface area contributed by atoms with E-state index in [-0.39, 0.29) is 22.7 Å². The molecule has 4 aliphatic carbocycles. The second kappa shape index (κ2) is 9.18. The molecule has 10 atom stereocenters. The number of allylic oxidation sites excluding steroid dienone is 1. The van der Waals surface area contributed by atoms with Gasteiger partial charge < -0.3 is 14.3 Å². The van der Waals surface area contributed by atoms with Gasteiger partial charge in [0.2, 0.25) is 0 Å². The lowest BCUT2D eigenvalue weighted by Gasteiger charge is -2.59. The van der Waals surface area contributed by atoms with Gasteiger partial charge in [-0.1, -0.05) is 60.1 Å². The van der Waals surface area contributed by atoms with Crippen molar-refractivity contribution >= 4 is 8.32 Å². The Morgan fingerprint density at radius 2 is 1.76 bits per heavy atom. The van der Waals surface area contributed by atoms with Gasteiger partial charge in [0.25, 0.3) is 0 Å². The third-order valence-corrected chi connectivity index (χ3v) is 17.4. The van der Waals surface area contributed by atoms with Crippen LogP contribution in [-0.4, -0.2) is 37.3 Å². The first-order chi connectivity index (χ1) is 17.0. The molecule has 4 heteroatoms. The smallest absolute Gasteiger partial charge is 0.192 e. The lowest BCUT2D eigenvalue weighted by atomic mass is 9.46. The zero-order valence-electron chi connectivity index (χ0n) is 25.8. The van der Waals surface area contributed by atoms with Gasteiger partial charge in [0.05, 0.1) is 11.7 Å². The summed E-state index contributed by atoms with van der Waals surface area (Å²) in [5.41, 5.74) is 1.61. The Kier molecular flexibility index (Phi) is 7.04. The fourth-order valence-corrected chi connectivity index (χ4v) is 11.2. The maximum atomic E-state index is 11.9. The predicted molar refractivity (Wildman–Crippen MR) is 156 cm³/mol. The van der Waals surface area contributed by atoms with Crippen LogP contribution in [0.4, 0.5) is 0 Å². The van der Waals surface area contributed by atoms with E-state index in [1.54, 1.807) is 5.57 Å². The number of aliphatic hydroxyl groups is 1. The highest BCUT2D eigenvalue weighted by Gasteiger charge is 2.65. The van der Waals surface area contributed by atoms with Gasteiger partial charge in [-0.05, 0) is 123 Å². The molecule has 1 unspecified atom stereocenters. The molecular formula is C33H58O3Si. The van der Waals surface area contributed by atoms with Crippen LogP contribution in [0, 0.1) is 40.4 Å². The molecular weight excluding hydrogens is 472 g/mol. The Balaban J connectivity index is 1.31. The Labute approximate surface area is 229 Å². The molecule has 1 saturated heterocycles. The van der Waals surface area contributed by atoms with E-state index in [0.717, 1.165) is 30.6 Å².